The molecule has 1 saturated heterocycles. The highest BCUT2D eigenvalue weighted by molar-refractivity contribution is 6.99. The zero-order valence-corrected chi connectivity index (χ0v) is 19.7. The molecule has 4 atom stereocenters. The van der Waals surface area contributed by atoms with Gasteiger partial charge in [-0.2, -0.15) is 0 Å². The van der Waals surface area contributed by atoms with Crippen LogP contribution in [0.5, 0.6) is 0 Å². The summed E-state index contributed by atoms with van der Waals surface area (Å²) in [5, 5.41) is 13.0. The van der Waals surface area contributed by atoms with E-state index in [1.165, 1.54) is 10.4 Å². The van der Waals surface area contributed by atoms with Crippen LogP contribution in [0.25, 0.3) is 0 Å². The third-order valence-corrected chi connectivity index (χ3v) is 11.5. The molecule has 0 bridgehead atoms. The minimum Gasteiger partial charge on any atom is -0.407 e. The van der Waals surface area contributed by atoms with Gasteiger partial charge in [0.1, 0.15) is 6.10 Å². The number of aliphatic hydroxyl groups is 1. The average Bonchev–Trinajstić information content (AvgIpc) is 3.17. The van der Waals surface area contributed by atoms with Gasteiger partial charge in [0, 0.05) is 12.5 Å². The molecule has 1 aliphatic carbocycles. The van der Waals surface area contributed by atoms with Crippen LogP contribution in [0.1, 0.15) is 41.0 Å². The van der Waals surface area contributed by atoms with Gasteiger partial charge in [-0.25, -0.2) is 0 Å². The summed E-state index contributed by atoms with van der Waals surface area (Å²) < 4.78 is 19.2. The fourth-order valence-corrected chi connectivity index (χ4v) is 9.83. The van der Waals surface area contributed by atoms with Gasteiger partial charge in [0.2, 0.25) is 0 Å². The van der Waals surface area contributed by atoms with Gasteiger partial charge in [0.25, 0.3) is 8.32 Å². The van der Waals surface area contributed by atoms with Crippen molar-refractivity contribution in [3.63, 3.8) is 0 Å². The molecule has 2 fully saturated rings. The molecule has 4 rings (SSSR count). The van der Waals surface area contributed by atoms with Crippen molar-refractivity contribution in [2.45, 2.75) is 70.2 Å². The lowest BCUT2D eigenvalue weighted by Crippen LogP contribution is -2.67. The van der Waals surface area contributed by atoms with Crippen molar-refractivity contribution in [3.8, 4) is 0 Å². The predicted octanol–water partition coefficient (Wildman–Crippen LogP) is 3.46. The molecule has 5 heteroatoms. The van der Waals surface area contributed by atoms with E-state index in [9.17, 15) is 5.11 Å². The van der Waals surface area contributed by atoms with Crippen LogP contribution in [0.4, 0.5) is 0 Å². The molecular formula is C25H34O4Si. The maximum absolute atomic E-state index is 10.6. The standard InChI is InChI=1S/C25H34O4Si/c1-24(2,3)30(19-12-8-6-9-13-19,20-14-10-7-11-15-20)27-17-18-16-21(26)23-22(18)28-25(4,5)29-23/h6-15,18,21-23,26H,16-17H2,1-5H3. The predicted molar refractivity (Wildman–Crippen MR) is 122 cm³/mol. The zero-order chi connectivity index (χ0) is 21.6. The van der Waals surface area contributed by atoms with Gasteiger partial charge >= 0.3 is 0 Å². The topological polar surface area (TPSA) is 47.9 Å². The Bertz CT molecular complexity index is 807. The van der Waals surface area contributed by atoms with Crippen LogP contribution in [0.15, 0.2) is 60.7 Å². The average molecular weight is 427 g/mol. The van der Waals surface area contributed by atoms with Gasteiger partial charge in [0.05, 0.1) is 12.2 Å². The van der Waals surface area contributed by atoms with Gasteiger partial charge in [-0.15, -0.1) is 0 Å². The fraction of sp³-hybridized carbons (Fsp3) is 0.520. The molecule has 1 saturated carbocycles. The molecule has 1 N–H and O–H groups in total. The SMILES string of the molecule is CC1(C)OC2C(O)CC(CO[Si](c3ccccc3)(c3ccccc3)C(C)(C)C)C2O1. The molecule has 30 heavy (non-hydrogen) atoms. The second-order valence-electron chi connectivity index (χ2n) is 10.1. The molecular weight excluding hydrogens is 392 g/mol. The van der Waals surface area contributed by atoms with E-state index in [0.29, 0.717) is 13.0 Å². The van der Waals surface area contributed by atoms with Crippen LogP contribution < -0.4 is 10.4 Å². The largest absolute Gasteiger partial charge is 0.407 e. The highest BCUT2D eigenvalue weighted by Crippen LogP contribution is 2.43. The molecule has 2 aromatic carbocycles. The Balaban J connectivity index is 1.69. The summed E-state index contributed by atoms with van der Waals surface area (Å²) in [6.07, 6.45) is -0.269. The van der Waals surface area contributed by atoms with E-state index in [2.05, 4.69) is 81.4 Å². The van der Waals surface area contributed by atoms with Crippen molar-refractivity contribution in [1.29, 1.82) is 0 Å². The third kappa shape index (κ3) is 3.78. The van der Waals surface area contributed by atoms with Crippen molar-refractivity contribution in [2.75, 3.05) is 6.61 Å². The van der Waals surface area contributed by atoms with Crippen LogP contribution in [-0.2, 0) is 13.9 Å². The summed E-state index contributed by atoms with van der Waals surface area (Å²) in [4.78, 5) is 0. The molecule has 2 aromatic rings. The molecule has 4 unspecified atom stereocenters. The minimum absolute atomic E-state index is 0.0708. The zero-order valence-electron chi connectivity index (χ0n) is 18.7. The Morgan fingerprint density at radius 1 is 0.933 bits per heavy atom. The summed E-state index contributed by atoms with van der Waals surface area (Å²) in [6, 6.07) is 21.3. The number of benzene rings is 2. The number of hydrogen-bond donors (Lipinski definition) is 1. The molecule has 0 radical (unpaired) electrons. The lowest BCUT2D eigenvalue weighted by atomic mass is 10.1. The Kier molecular flexibility index (Phi) is 5.70. The maximum atomic E-state index is 10.6. The van der Waals surface area contributed by atoms with Gasteiger partial charge in [-0.05, 0) is 35.7 Å². The van der Waals surface area contributed by atoms with Gasteiger partial charge in [0.15, 0.2) is 5.79 Å². The smallest absolute Gasteiger partial charge is 0.261 e. The summed E-state index contributed by atoms with van der Waals surface area (Å²) in [7, 11) is -2.60. The molecule has 2 aliphatic rings. The van der Waals surface area contributed by atoms with E-state index in [-0.39, 0.29) is 23.2 Å². The van der Waals surface area contributed by atoms with Crippen LogP contribution in [-0.4, -0.2) is 44.1 Å². The number of fused-ring (bicyclic) bond motifs is 1. The van der Waals surface area contributed by atoms with Gasteiger partial charge < -0.3 is 19.0 Å². The van der Waals surface area contributed by atoms with Crippen molar-refractivity contribution in [2.24, 2.45) is 5.92 Å². The van der Waals surface area contributed by atoms with E-state index < -0.39 is 20.2 Å². The normalized spacial score (nSPS) is 28.5. The van der Waals surface area contributed by atoms with Crippen LogP contribution in [0.3, 0.4) is 0 Å². The molecule has 1 heterocycles. The monoisotopic (exact) mass is 426 g/mol. The van der Waals surface area contributed by atoms with Crippen molar-refractivity contribution < 1.29 is 19.0 Å². The third-order valence-electron chi connectivity index (χ3n) is 6.48. The highest BCUT2D eigenvalue weighted by Gasteiger charge is 2.55. The summed E-state index contributed by atoms with van der Waals surface area (Å²) in [5.74, 6) is -0.555. The van der Waals surface area contributed by atoms with E-state index in [1.807, 2.05) is 13.8 Å². The molecule has 0 aromatic heterocycles. The summed E-state index contributed by atoms with van der Waals surface area (Å²) >= 11 is 0. The van der Waals surface area contributed by atoms with E-state index in [0.717, 1.165) is 0 Å². The van der Waals surface area contributed by atoms with Crippen LogP contribution in [0.2, 0.25) is 5.04 Å². The first kappa shape index (κ1) is 21.7. The second-order valence-corrected chi connectivity index (χ2v) is 14.4. The molecule has 0 amide bonds. The second kappa shape index (κ2) is 7.88. The van der Waals surface area contributed by atoms with E-state index >= 15 is 0 Å². The maximum Gasteiger partial charge on any atom is 0.261 e. The number of rotatable bonds is 5. The molecule has 1 aliphatic heterocycles. The van der Waals surface area contributed by atoms with Gasteiger partial charge in [-0.3, -0.25) is 0 Å². The molecule has 0 spiro atoms. The summed E-state index contributed by atoms with van der Waals surface area (Å²) in [6.45, 7) is 11.2. The van der Waals surface area contributed by atoms with E-state index in [4.69, 9.17) is 13.9 Å². The quantitative estimate of drug-likeness (QED) is 0.744. The lowest BCUT2D eigenvalue weighted by molar-refractivity contribution is -0.167. The minimum atomic E-state index is -2.60. The first-order chi connectivity index (χ1) is 14.1. The Hall–Kier alpha value is -1.50. The number of ether oxygens (including phenoxy) is 2. The first-order valence-corrected chi connectivity index (χ1v) is 12.8. The number of aliphatic hydroxyl groups excluding tert-OH is 1. The van der Waals surface area contributed by atoms with Crippen molar-refractivity contribution in [3.05, 3.63) is 60.7 Å². The molecule has 162 valence electrons. The Labute approximate surface area is 181 Å². The van der Waals surface area contributed by atoms with Crippen molar-refractivity contribution in [1.82, 2.24) is 0 Å². The van der Waals surface area contributed by atoms with Crippen LogP contribution >= 0.6 is 0 Å². The number of hydrogen-bond acceptors (Lipinski definition) is 4. The summed E-state index contributed by atoms with van der Waals surface area (Å²) in [5.41, 5.74) is 0. The highest BCUT2D eigenvalue weighted by atomic mass is 28.4. The van der Waals surface area contributed by atoms with Gasteiger partial charge in [-0.1, -0.05) is 81.4 Å². The van der Waals surface area contributed by atoms with E-state index in [1.54, 1.807) is 0 Å². The fourth-order valence-electron chi connectivity index (χ4n) is 5.21. The molecule has 4 nitrogen and oxygen atoms in total. The lowest BCUT2D eigenvalue weighted by Gasteiger charge is -2.43. The first-order valence-electron chi connectivity index (χ1n) is 10.9. The van der Waals surface area contributed by atoms with Crippen molar-refractivity contribution >= 4 is 18.7 Å². The Morgan fingerprint density at radius 3 is 1.93 bits per heavy atom. The van der Waals surface area contributed by atoms with Crippen LogP contribution in [0, 0.1) is 5.92 Å². The Morgan fingerprint density at radius 2 is 1.43 bits per heavy atom.